The fraction of sp³-hybridized carbons (Fsp3) is 0.471. The zero-order valence-corrected chi connectivity index (χ0v) is 15.9. The highest BCUT2D eigenvalue weighted by molar-refractivity contribution is 7.99. The zero-order valence-electron chi connectivity index (χ0n) is 15.1. The third-order valence-corrected chi connectivity index (χ3v) is 5.01. The van der Waals surface area contributed by atoms with Crippen molar-refractivity contribution in [2.24, 2.45) is 0 Å². The van der Waals surface area contributed by atoms with Crippen molar-refractivity contribution in [1.29, 1.82) is 0 Å². The number of aromatic nitrogens is 4. The Morgan fingerprint density at radius 2 is 1.88 bits per heavy atom. The maximum Gasteiger partial charge on any atom is 0.243 e. The predicted octanol–water partition coefficient (Wildman–Crippen LogP) is 1.78. The third kappa shape index (κ3) is 4.60. The number of nitrogens with one attached hydrogen (secondary N) is 2. The lowest BCUT2D eigenvalue weighted by atomic mass is 10.1. The molecule has 1 heterocycles. The average molecular weight is 374 g/mol. The molecule has 1 aliphatic carbocycles. The molecule has 0 spiro atoms. The van der Waals surface area contributed by atoms with Crippen molar-refractivity contribution in [2.45, 2.75) is 44.8 Å². The molecule has 8 nitrogen and oxygen atoms in total. The second-order valence-corrected chi connectivity index (χ2v) is 7.47. The van der Waals surface area contributed by atoms with E-state index in [0.29, 0.717) is 11.2 Å². The van der Waals surface area contributed by atoms with Crippen LogP contribution < -0.4 is 10.6 Å². The molecule has 0 aliphatic heterocycles. The number of carbonyl (C=O) groups is 2. The first kappa shape index (κ1) is 18.4. The van der Waals surface area contributed by atoms with Gasteiger partial charge < -0.3 is 10.6 Å². The molecule has 0 bridgehead atoms. The van der Waals surface area contributed by atoms with Gasteiger partial charge in [0.2, 0.25) is 17.0 Å². The molecular weight excluding hydrogens is 352 g/mol. The minimum absolute atomic E-state index is 0.0697. The number of nitrogens with zero attached hydrogens (tertiary/aromatic N) is 4. The van der Waals surface area contributed by atoms with Crippen LogP contribution >= 0.6 is 11.8 Å². The molecule has 0 atom stereocenters. The summed E-state index contributed by atoms with van der Waals surface area (Å²) in [5, 5.41) is 17.7. The number of rotatable bonds is 7. The number of anilines is 1. The Morgan fingerprint density at radius 1 is 1.19 bits per heavy atom. The Labute approximate surface area is 156 Å². The van der Waals surface area contributed by atoms with E-state index >= 15 is 0 Å². The molecular formula is C17H22N6O2S. The van der Waals surface area contributed by atoms with Gasteiger partial charge in [-0.1, -0.05) is 29.5 Å². The number of aryl methyl sites for hydroxylation is 3. The first-order valence-electron chi connectivity index (χ1n) is 8.49. The van der Waals surface area contributed by atoms with Crippen LogP contribution in [0.5, 0.6) is 0 Å². The second-order valence-electron chi connectivity index (χ2n) is 6.52. The van der Waals surface area contributed by atoms with Crippen LogP contribution in [0.1, 0.15) is 35.6 Å². The molecule has 1 aromatic carbocycles. The molecule has 138 valence electrons. The molecule has 2 N–H and O–H groups in total. The smallest absolute Gasteiger partial charge is 0.243 e. The fourth-order valence-electron chi connectivity index (χ4n) is 2.75. The van der Waals surface area contributed by atoms with E-state index in [1.165, 1.54) is 11.8 Å². The quantitative estimate of drug-likeness (QED) is 0.716. The number of hydrogen-bond acceptors (Lipinski definition) is 6. The summed E-state index contributed by atoms with van der Waals surface area (Å²) in [6, 6.07) is 4.39. The maximum absolute atomic E-state index is 12.1. The van der Waals surface area contributed by atoms with E-state index in [1.54, 1.807) is 4.68 Å². The van der Waals surface area contributed by atoms with Gasteiger partial charge in [0, 0.05) is 5.69 Å². The Morgan fingerprint density at radius 3 is 2.54 bits per heavy atom. The first-order valence-corrected chi connectivity index (χ1v) is 9.47. The lowest BCUT2D eigenvalue weighted by molar-refractivity contribution is -0.122. The van der Waals surface area contributed by atoms with Crippen molar-refractivity contribution in [3.05, 3.63) is 28.8 Å². The molecule has 26 heavy (non-hydrogen) atoms. The molecule has 2 aromatic rings. The molecule has 0 radical (unpaired) electrons. The average Bonchev–Trinajstić information content (AvgIpc) is 3.32. The van der Waals surface area contributed by atoms with Crippen molar-refractivity contribution >= 4 is 29.3 Å². The van der Waals surface area contributed by atoms with Crippen molar-refractivity contribution in [1.82, 2.24) is 25.5 Å². The zero-order chi connectivity index (χ0) is 18.7. The summed E-state index contributed by atoms with van der Waals surface area (Å²) >= 11 is 1.28. The van der Waals surface area contributed by atoms with Crippen LogP contribution in [0.2, 0.25) is 0 Å². The number of amides is 2. The van der Waals surface area contributed by atoms with Gasteiger partial charge in [-0.3, -0.25) is 9.59 Å². The van der Waals surface area contributed by atoms with Crippen LogP contribution in [0.25, 0.3) is 0 Å². The van der Waals surface area contributed by atoms with Gasteiger partial charge in [-0.15, -0.1) is 5.10 Å². The summed E-state index contributed by atoms with van der Waals surface area (Å²) in [5.74, 6) is -0.308. The number of hydrogen-bond donors (Lipinski definition) is 2. The minimum atomic E-state index is -0.249. The number of thioether (sulfide) groups is 1. The van der Waals surface area contributed by atoms with Crippen LogP contribution in [0.15, 0.2) is 17.3 Å². The SMILES string of the molecule is Cc1cc(C)c(NC(=O)CNC(=O)CSc2nnnn2C2CC2)c(C)c1. The van der Waals surface area contributed by atoms with Gasteiger partial charge in [0.05, 0.1) is 18.3 Å². The molecule has 0 saturated heterocycles. The molecule has 1 aromatic heterocycles. The lowest BCUT2D eigenvalue weighted by Gasteiger charge is -2.13. The Balaban J connectivity index is 1.45. The van der Waals surface area contributed by atoms with Gasteiger partial charge in [-0.25, -0.2) is 4.68 Å². The maximum atomic E-state index is 12.1. The van der Waals surface area contributed by atoms with E-state index in [-0.39, 0.29) is 24.1 Å². The van der Waals surface area contributed by atoms with Crippen LogP contribution in [-0.4, -0.2) is 44.3 Å². The monoisotopic (exact) mass is 374 g/mol. The topological polar surface area (TPSA) is 102 Å². The molecule has 9 heteroatoms. The number of benzene rings is 1. The molecule has 1 saturated carbocycles. The van der Waals surface area contributed by atoms with Crippen LogP contribution in [0, 0.1) is 20.8 Å². The van der Waals surface area contributed by atoms with Gasteiger partial charge in [0.1, 0.15) is 0 Å². The Hall–Kier alpha value is -2.42. The summed E-state index contributed by atoms with van der Waals surface area (Å²) in [6.45, 7) is 5.85. The van der Waals surface area contributed by atoms with Crippen molar-refractivity contribution in [2.75, 3.05) is 17.6 Å². The molecule has 0 unspecified atom stereocenters. The Kier molecular flexibility index (Phi) is 5.55. The van der Waals surface area contributed by atoms with E-state index < -0.39 is 0 Å². The standard InChI is InChI=1S/C17H22N6O2S/c1-10-6-11(2)16(12(3)7-10)19-14(24)8-18-15(25)9-26-17-20-21-22-23(17)13-4-5-13/h6-7,13H,4-5,8-9H2,1-3H3,(H,18,25)(H,19,24). The highest BCUT2D eigenvalue weighted by Crippen LogP contribution is 2.36. The van der Waals surface area contributed by atoms with Crippen LogP contribution in [0.3, 0.4) is 0 Å². The summed E-state index contributed by atoms with van der Waals surface area (Å²) in [6.07, 6.45) is 2.14. The molecule has 2 amide bonds. The van der Waals surface area contributed by atoms with Crippen LogP contribution in [-0.2, 0) is 9.59 Å². The lowest BCUT2D eigenvalue weighted by Crippen LogP contribution is -2.34. The molecule has 1 fully saturated rings. The summed E-state index contributed by atoms with van der Waals surface area (Å²) < 4.78 is 1.76. The number of tetrazole rings is 1. The van der Waals surface area contributed by atoms with E-state index in [0.717, 1.165) is 35.2 Å². The van der Waals surface area contributed by atoms with E-state index in [9.17, 15) is 9.59 Å². The Bertz CT molecular complexity index is 807. The summed E-state index contributed by atoms with van der Waals surface area (Å²) in [7, 11) is 0. The van der Waals surface area contributed by atoms with Gasteiger partial charge in [-0.2, -0.15) is 0 Å². The number of carbonyl (C=O) groups excluding carboxylic acids is 2. The van der Waals surface area contributed by atoms with Gasteiger partial charge in [0.15, 0.2) is 0 Å². The fourth-order valence-corrected chi connectivity index (χ4v) is 3.52. The largest absolute Gasteiger partial charge is 0.346 e. The predicted molar refractivity (Wildman–Crippen MR) is 99.1 cm³/mol. The second kappa shape index (κ2) is 7.86. The third-order valence-electron chi connectivity index (χ3n) is 4.08. The van der Waals surface area contributed by atoms with Gasteiger partial charge >= 0.3 is 0 Å². The van der Waals surface area contributed by atoms with Gasteiger partial charge in [-0.05, 0) is 55.2 Å². The molecule has 3 rings (SSSR count). The van der Waals surface area contributed by atoms with E-state index in [2.05, 4.69) is 26.2 Å². The van der Waals surface area contributed by atoms with Gasteiger partial charge in [0.25, 0.3) is 0 Å². The van der Waals surface area contributed by atoms with Crippen molar-refractivity contribution in [3.63, 3.8) is 0 Å². The summed E-state index contributed by atoms with van der Waals surface area (Å²) in [4.78, 5) is 24.1. The highest BCUT2D eigenvalue weighted by Gasteiger charge is 2.28. The molecule has 1 aliphatic rings. The van der Waals surface area contributed by atoms with Crippen molar-refractivity contribution < 1.29 is 9.59 Å². The normalized spacial score (nSPS) is 13.5. The van der Waals surface area contributed by atoms with Crippen molar-refractivity contribution in [3.8, 4) is 0 Å². The summed E-state index contributed by atoms with van der Waals surface area (Å²) in [5.41, 5.74) is 3.96. The van der Waals surface area contributed by atoms with E-state index in [4.69, 9.17) is 0 Å². The van der Waals surface area contributed by atoms with Crippen LogP contribution in [0.4, 0.5) is 5.69 Å². The minimum Gasteiger partial charge on any atom is -0.346 e. The van der Waals surface area contributed by atoms with E-state index in [1.807, 2.05) is 32.9 Å². The highest BCUT2D eigenvalue weighted by atomic mass is 32.2. The first-order chi connectivity index (χ1) is 12.4.